The predicted octanol–water partition coefficient (Wildman–Crippen LogP) is 2.42. The van der Waals surface area contributed by atoms with Crippen molar-refractivity contribution < 1.29 is 14.0 Å². The first kappa shape index (κ1) is 15.3. The molecule has 0 fully saturated rings. The van der Waals surface area contributed by atoms with Gasteiger partial charge in [0.25, 0.3) is 0 Å². The maximum absolute atomic E-state index is 5.99. The van der Waals surface area contributed by atoms with Crippen LogP contribution < -0.4 is 15.2 Å². The molecule has 2 aromatic rings. The number of methoxy groups -OCH3 is 2. The molecule has 0 saturated carbocycles. The van der Waals surface area contributed by atoms with Gasteiger partial charge in [-0.1, -0.05) is 18.5 Å². The molecule has 0 bridgehead atoms. The largest absolute Gasteiger partial charge is 0.497 e. The van der Waals surface area contributed by atoms with Crippen molar-refractivity contribution in [1.82, 2.24) is 10.1 Å². The molecule has 0 aliphatic heterocycles. The molecule has 0 amide bonds. The molecule has 2 N–H and O–H groups in total. The van der Waals surface area contributed by atoms with Crippen LogP contribution in [0.1, 0.15) is 25.7 Å². The summed E-state index contributed by atoms with van der Waals surface area (Å²) >= 11 is 0. The van der Waals surface area contributed by atoms with Crippen molar-refractivity contribution in [2.45, 2.75) is 32.2 Å². The molecule has 0 radical (unpaired) electrons. The molecule has 114 valence electrons. The fraction of sp³-hybridized carbons (Fsp3) is 0.467. The van der Waals surface area contributed by atoms with Gasteiger partial charge in [-0.05, 0) is 18.6 Å². The van der Waals surface area contributed by atoms with Crippen molar-refractivity contribution in [3.8, 4) is 22.9 Å². The molecule has 1 aromatic heterocycles. The van der Waals surface area contributed by atoms with E-state index < -0.39 is 0 Å². The van der Waals surface area contributed by atoms with Crippen molar-refractivity contribution >= 4 is 0 Å². The number of rotatable bonds is 7. The minimum atomic E-state index is 0.0446. The molecule has 21 heavy (non-hydrogen) atoms. The zero-order valence-electron chi connectivity index (χ0n) is 12.6. The molecule has 1 aromatic carbocycles. The summed E-state index contributed by atoms with van der Waals surface area (Å²) in [5.74, 6) is 2.41. The second-order valence-corrected chi connectivity index (χ2v) is 4.87. The normalized spacial score (nSPS) is 12.2. The Kier molecular flexibility index (Phi) is 5.16. The average molecular weight is 291 g/mol. The van der Waals surface area contributed by atoms with Gasteiger partial charge in [0.15, 0.2) is 0 Å². The van der Waals surface area contributed by atoms with Crippen molar-refractivity contribution in [3.05, 3.63) is 24.1 Å². The molecule has 0 saturated heterocycles. The first-order valence-corrected chi connectivity index (χ1v) is 6.97. The standard InChI is InChI=1S/C15H21N3O3/c1-4-5-11(16)8-14-17-15(18-21-14)10-6-12(19-2)9-13(7-10)20-3/h6-7,9,11H,4-5,8,16H2,1-3H3. The summed E-state index contributed by atoms with van der Waals surface area (Å²) in [4.78, 5) is 4.38. The van der Waals surface area contributed by atoms with E-state index in [4.69, 9.17) is 19.7 Å². The van der Waals surface area contributed by atoms with Crippen LogP contribution >= 0.6 is 0 Å². The third kappa shape index (κ3) is 3.95. The van der Waals surface area contributed by atoms with Gasteiger partial charge in [0.05, 0.1) is 14.2 Å². The van der Waals surface area contributed by atoms with Gasteiger partial charge in [0.1, 0.15) is 11.5 Å². The summed E-state index contributed by atoms with van der Waals surface area (Å²) in [6, 6.07) is 5.51. The highest BCUT2D eigenvalue weighted by atomic mass is 16.5. The zero-order chi connectivity index (χ0) is 15.2. The summed E-state index contributed by atoms with van der Waals surface area (Å²) in [6.07, 6.45) is 2.56. The molecule has 0 aliphatic rings. The lowest BCUT2D eigenvalue weighted by atomic mass is 10.1. The van der Waals surface area contributed by atoms with E-state index in [0.717, 1.165) is 18.4 Å². The van der Waals surface area contributed by atoms with Gasteiger partial charge in [-0.3, -0.25) is 0 Å². The second kappa shape index (κ2) is 7.08. The summed E-state index contributed by atoms with van der Waals surface area (Å²) in [7, 11) is 3.20. The van der Waals surface area contributed by atoms with Gasteiger partial charge >= 0.3 is 0 Å². The molecular formula is C15H21N3O3. The van der Waals surface area contributed by atoms with Crippen LogP contribution in [0.2, 0.25) is 0 Å². The van der Waals surface area contributed by atoms with Crippen LogP contribution in [0.5, 0.6) is 11.5 Å². The van der Waals surface area contributed by atoms with Crippen LogP contribution in [-0.4, -0.2) is 30.4 Å². The Labute approximate surface area is 124 Å². The smallest absolute Gasteiger partial charge is 0.228 e. The third-order valence-electron chi connectivity index (χ3n) is 3.17. The van der Waals surface area contributed by atoms with Gasteiger partial charge < -0.3 is 19.7 Å². The summed E-state index contributed by atoms with van der Waals surface area (Å²) < 4.78 is 15.7. The molecular weight excluding hydrogens is 270 g/mol. The first-order valence-electron chi connectivity index (χ1n) is 6.97. The molecule has 1 heterocycles. The Balaban J connectivity index is 2.20. The highest BCUT2D eigenvalue weighted by Gasteiger charge is 2.13. The molecule has 2 rings (SSSR count). The second-order valence-electron chi connectivity index (χ2n) is 4.87. The molecule has 1 atom stereocenters. The van der Waals surface area contributed by atoms with Gasteiger partial charge in [0.2, 0.25) is 11.7 Å². The highest BCUT2D eigenvalue weighted by molar-refractivity contribution is 5.60. The maximum atomic E-state index is 5.99. The lowest BCUT2D eigenvalue weighted by Gasteiger charge is -2.06. The highest BCUT2D eigenvalue weighted by Crippen LogP contribution is 2.28. The van der Waals surface area contributed by atoms with Crippen molar-refractivity contribution in [2.24, 2.45) is 5.73 Å². The van der Waals surface area contributed by atoms with Crippen molar-refractivity contribution in [2.75, 3.05) is 14.2 Å². The number of nitrogens with two attached hydrogens (primary N) is 1. The monoisotopic (exact) mass is 291 g/mol. The molecule has 0 aliphatic carbocycles. The zero-order valence-corrected chi connectivity index (χ0v) is 12.6. The van der Waals surface area contributed by atoms with Crippen LogP contribution in [0.15, 0.2) is 22.7 Å². The Bertz CT molecular complexity index is 561. The lowest BCUT2D eigenvalue weighted by molar-refractivity contribution is 0.366. The Morgan fingerprint density at radius 1 is 1.19 bits per heavy atom. The van der Waals surface area contributed by atoms with E-state index in [1.165, 1.54) is 0 Å². The van der Waals surface area contributed by atoms with E-state index in [1.54, 1.807) is 20.3 Å². The van der Waals surface area contributed by atoms with Crippen LogP contribution in [-0.2, 0) is 6.42 Å². The SMILES string of the molecule is CCCC(N)Cc1nc(-c2cc(OC)cc(OC)c2)no1. The quantitative estimate of drug-likeness (QED) is 0.843. The van der Waals surface area contributed by atoms with Crippen LogP contribution in [0.4, 0.5) is 0 Å². The van der Waals surface area contributed by atoms with E-state index in [2.05, 4.69) is 17.1 Å². The van der Waals surface area contributed by atoms with E-state index >= 15 is 0 Å². The van der Waals surface area contributed by atoms with Crippen molar-refractivity contribution in [1.29, 1.82) is 0 Å². The summed E-state index contributed by atoms with van der Waals surface area (Å²) in [5, 5.41) is 4.00. The Morgan fingerprint density at radius 3 is 2.43 bits per heavy atom. The Morgan fingerprint density at radius 2 is 1.86 bits per heavy atom. The first-order chi connectivity index (χ1) is 10.2. The molecule has 1 unspecified atom stereocenters. The maximum Gasteiger partial charge on any atom is 0.228 e. The number of hydrogen-bond donors (Lipinski definition) is 1. The number of aromatic nitrogens is 2. The third-order valence-corrected chi connectivity index (χ3v) is 3.17. The minimum absolute atomic E-state index is 0.0446. The molecule has 6 heteroatoms. The van der Waals surface area contributed by atoms with Gasteiger partial charge in [0, 0.05) is 24.1 Å². The van der Waals surface area contributed by atoms with Gasteiger partial charge in [-0.15, -0.1) is 0 Å². The van der Waals surface area contributed by atoms with Crippen LogP contribution in [0.3, 0.4) is 0 Å². The van der Waals surface area contributed by atoms with E-state index in [0.29, 0.717) is 29.6 Å². The molecule has 6 nitrogen and oxygen atoms in total. The van der Waals surface area contributed by atoms with Crippen LogP contribution in [0, 0.1) is 0 Å². The lowest BCUT2D eigenvalue weighted by Crippen LogP contribution is -2.22. The van der Waals surface area contributed by atoms with Crippen molar-refractivity contribution in [3.63, 3.8) is 0 Å². The van der Waals surface area contributed by atoms with Gasteiger partial charge in [-0.2, -0.15) is 4.98 Å². The van der Waals surface area contributed by atoms with E-state index in [1.807, 2.05) is 12.1 Å². The van der Waals surface area contributed by atoms with E-state index in [-0.39, 0.29) is 6.04 Å². The number of hydrogen-bond acceptors (Lipinski definition) is 6. The van der Waals surface area contributed by atoms with Gasteiger partial charge in [-0.25, -0.2) is 0 Å². The average Bonchev–Trinajstić information content (AvgIpc) is 2.95. The predicted molar refractivity (Wildman–Crippen MR) is 79.4 cm³/mol. The van der Waals surface area contributed by atoms with Crippen LogP contribution in [0.25, 0.3) is 11.4 Å². The fourth-order valence-corrected chi connectivity index (χ4v) is 2.09. The minimum Gasteiger partial charge on any atom is -0.497 e. The summed E-state index contributed by atoms with van der Waals surface area (Å²) in [6.45, 7) is 2.10. The topological polar surface area (TPSA) is 83.4 Å². The number of benzene rings is 1. The Hall–Kier alpha value is -2.08. The fourth-order valence-electron chi connectivity index (χ4n) is 2.09. The number of nitrogens with zero attached hydrogens (tertiary/aromatic N) is 2. The summed E-state index contributed by atoms with van der Waals surface area (Å²) in [5.41, 5.74) is 6.77. The van der Waals surface area contributed by atoms with E-state index in [9.17, 15) is 0 Å². The number of ether oxygens (including phenoxy) is 2. The molecule has 0 spiro atoms.